The number of hydrogen-bond acceptors (Lipinski definition) is 1. The Hall–Kier alpha value is -0.950. The Kier molecular flexibility index (Phi) is 6.59. The van der Waals surface area contributed by atoms with E-state index < -0.39 is 0 Å². The topological polar surface area (TPSA) is 52.2 Å². The van der Waals surface area contributed by atoms with Gasteiger partial charge in [0.05, 0.1) is 0 Å². The molecule has 1 aliphatic carbocycles. The van der Waals surface area contributed by atoms with Crippen LogP contribution in [0.25, 0.3) is 10.9 Å². The second-order valence-corrected chi connectivity index (χ2v) is 6.41. The molecule has 1 saturated carbocycles. The van der Waals surface area contributed by atoms with E-state index in [2.05, 4.69) is 40.7 Å². The highest BCUT2D eigenvalue weighted by Crippen LogP contribution is 2.28. The van der Waals surface area contributed by atoms with E-state index in [1.807, 2.05) is 18.2 Å². The van der Waals surface area contributed by atoms with Crippen LogP contribution in [0.3, 0.4) is 0 Å². The number of aromatic amines is 1. The highest BCUT2D eigenvalue weighted by Gasteiger charge is 2.33. The molecule has 3 N–H and O–H groups in total. The molecular weight excluding hydrogens is 423 g/mol. The van der Waals surface area contributed by atoms with Gasteiger partial charge in [0.25, 0.3) is 0 Å². The van der Waals surface area contributed by atoms with Crippen molar-refractivity contribution in [1.82, 2.24) is 15.6 Å². The molecule has 0 aliphatic heterocycles. The summed E-state index contributed by atoms with van der Waals surface area (Å²) in [5.41, 5.74) is 2.39. The first kappa shape index (κ1) is 18.4. The van der Waals surface area contributed by atoms with Gasteiger partial charge in [-0.25, -0.2) is 0 Å². The van der Waals surface area contributed by atoms with Crippen LogP contribution in [-0.4, -0.2) is 30.1 Å². The Balaban J connectivity index is 0.00000192. The van der Waals surface area contributed by atoms with Crippen molar-refractivity contribution >= 4 is 52.4 Å². The van der Waals surface area contributed by atoms with Gasteiger partial charge in [-0.1, -0.05) is 18.5 Å². The van der Waals surface area contributed by atoms with E-state index in [1.54, 1.807) is 0 Å². The summed E-state index contributed by atoms with van der Waals surface area (Å²) >= 11 is 6.09. The molecule has 6 heteroatoms. The minimum atomic E-state index is 0. The van der Waals surface area contributed by atoms with Gasteiger partial charge in [-0.15, -0.1) is 24.0 Å². The molecule has 1 fully saturated rings. The molecule has 0 radical (unpaired) electrons. The average Bonchev–Trinajstić information content (AvgIpc) is 3.04. The smallest absolute Gasteiger partial charge is 0.191 e. The minimum Gasteiger partial charge on any atom is -0.361 e. The molecule has 0 bridgehead atoms. The van der Waals surface area contributed by atoms with Crippen LogP contribution in [0, 0.1) is 5.92 Å². The van der Waals surface area contributed by atoms with Crippen molar-refractivity contribution in [2.45, 2.75) is 32.7 Å². The van der Waals surface area contributed by atoms with Crippen molar-refractivity contribution in [2.24, 2.45) is 10.9 Å². The molecular formula is C17H24ClIN4. The Morgan fingerprint density at radius 3 is 2.91 bits per heavy atom. The predicted molar refractivity (Wildman–Crippen MR) is 109 cm³/mol. The van der Waals surface area contributed by atoms with E-state index in [1.165, 1.54) is 17.4 Å². The molecule has 0 spiro atoms. The summed E-state index contributed by atoms with van der Waals surface area (Å²) < 4.78 is 0. The number of rotatable bonds is 5. The van der Waals surface area contributed by atoms with Crippen LogP contribution < -0.4 is 10.6 Å². The zero-order valence-corrected chi connectivity index (χ0v) is 16.6. The molecule has 1 heterocycles. The molecule has 4 nitrogen and oxygen atoms in total. The number of nitrogens with zero attached hydrogens (tertiary/aromatic N) is 1. The number of aromatic nitrogens is 1. The van der Waals surface area contributed by atoms with Gasteiger partial charge < -0.3 is 15.6 Å². The maximum atomic E-state index is 6.09. The quantitative estimate of drug-likeness (QED) is 0.370. The first-order valence-corrected chi connectivity index (χ1v) is 8.35. The molecule has 126 valence electrons. The van der Waals surface area contributed by atoms with Gasteiger partial charge >= 0.3 is 0 Å². The maximum absolute atomic E-state index is 6.09. The Morgan fingerprint density at radius 1 is 1.43 bits per heavy atom. The largest absolute Gasteiger partial charge is 0.361 e. The van der Waals surface area contributed by atoms with E-state index in [0.29, 0.717) is 6.04 Å². The lowest BCUT2D eigenvalue weighted by Gasteiger charge is -2.10. The van der Waals surface area contributed by atoms with Crippen LogP contribution in [0.2, 0.25) is 5.02 Å². The zero-order valence-electron chi connectivity index (χ0n) is 13.5. The van der Waals surface area contributed by atoms with Crippen molar-refractivity contribution in [2.75, 3.05) is 13.1 Å². The number of nitrogens with one attached hydrogen (secondary N) is 3. The normalized spacial score (nSPS) is 20.2. The number of hydrogen-bond donors (Lipinski definition) is 3. The fraction of sp³-hybridized carbons (Fsp3) is 0.471. The molecule has 0 saturated heterocycles. The third-order valence-electron chi connectivity index (χ3n) is 4.16. The molecule has 2 unspecified atom stereocenters. The molecule has 23 heavy (non-hydrogen) atoms. The monoisotopic (exact) mass is 446 g/mol. The first-order chi connectivity index (χ1) is 10.7. The summed E-state index contributed by atoms with van der Waals surface area (Å²) in [4.78, 5) is 7.97. The summed E-state index contributed by atoms with van der Waals surface area (Å²) in [6, 6.07) is 6.53. The van der Waals surface area contributed by atoms with Crippen molar-refractivity contribution in [3.63, 3.8) is 0 Å². The SMILES string of the molecule is CCNC(=NCCc1c[nH]c2ccc(Cl)cc12)NC1CC1C.I. The van der Waals surface area contributed by atoms with Crippen molar-refractivity contribution in [3.05, 3.63) is 35.0 Å². The van der Waals surface area contributed by atoms with Gasteiger partial charge in [0.1, 0.15) is 0 Å². The van der Waals surface area contributed by atoms with Crippen LogP contribution in [0.4, 0.5) is 0 Å². The van der Waals surface area contributed by atoms with E-state index in [4.69, 9.17) is 11.6 Å². The van der Waals surface area contributed by atoms with Crippen LogP contribution in [0.1, 0.15) is 25.8 Å². The van der Waals surface area contributed by atoms with Gasteiger partial charge in [0.15, 0.2) is 5.96 Å². The lowest BCUT2D eigenvalue weighted by atomic mass is 10.1. The van der Waals surface area contributed by atoms with Crippen molar-refractivity contribution in [3.8, 4) is 0 Å². The van der Waals surface area contributed by atoms with Gasteiger partial charge in [0.2, 0.25) is 0 Å². The third kappa shape index (κ3) is 4.76. The second-order valence-electron chi connectivity index (χ2n) is 5.98. The number of H-pyrrole nitrogens is 1. The Labute approximate surface area is 159 Å². The first-order valence-electron chi connectivity index (χ1n) is 7.97. The van der Waals surface area contributed by atoms with E-state index in [0.717, 1.165) is 41.9 Å². The minimum absolute atomic E-state index is 0. The fourth-order valence-corrected chi connectivity index (χ4v) is 2.84. The lowest BCUT2D eigenvalue weighted by molar-refractivity contribution is 0.765. The molecule has 3 rings (SSSR count). The van der Waals surface area contributed by atoms with Crippen LogP contribution >= 0.6 is 35.6 Å². The van der Waals surface area contributed by atoms with Gasteiger partial charge in [0, 0.05) is 41.3 Å². The summed E-state index contributed by atoms with van der Waals surface area (Å²) in [7, 11) is 0. The fourth-order valence-electron chi connectivity index (χ4n) is 2.66. The van der Waals surface area contributed by atoms with Gasteiger partial charge in [-0.2, -0.15) is 0 Å². The Bertz CT molecular complexity index is 682. The van der Waals surface area contributed by atoms with Crippen molar-refractivity contribution < 1.29 is 0 Å². The van der Waals surface area contributed by atoms with Crippen LogP contribution in [-0.2, 0) is 6.42 Å². The average molecular weight is 447 g/mol. The molecule has 1 aromatic carbocycles. The van der Waals surface area contributed by atoms with Crippen LogP contribution in [0.5, 0.6) is 0 Å². The van der Waals surface area contributed by atoms with E-state index >= 15 is 0 Å². The molecule has 1 aromatic heterocycles. The molecule has 2 atom stereocenters. The molecule has 1 aliphatic rings. The highest BCUT2D eigenvalue weighted by atomic mass is 127. The number of guanidine groups is 1. The summed E-state index contributed by atoms with van der Waals surface area (Å²) in [6.07, 6.45) is 4.20. The predicted octanol–water partition coefficient (Wildman–Crippen LogP) is 3.95. The van der Waals surface area contributed by atoms with Crippen LogP contribution in [0.15, 0.2) is 29.4 Å². The summed E-state index contributed by atoms with van der Waals surface area (Å²) in [6.45, 7) is 6.00. The number of halogens is 2. The summed E-state index contributed by atoms with van der Waals surface area (Å²) in [5, 5.41) is 8.75. The highest BCUT2D eigenvalue weighted by molar-refractivity contribution is 14.0. The molecule has 2 aromatic rings. The van der Waals surface area contributed by atoms with E-state index in [-0.39, 0.29) is 24.0 Å². The Morgan fingerprint density at radius 2 is 2.22 bits per heavy atom. The van der Waals surface area contributed by atoms with Gasteiger partial charge in [-0.3, -0.25) is 4.99 Å². The standard InChI is InChI=1S/C17H23ClN4.HI/c1-3-19-17(22-16-8-11(16)2)20-7-6-12-10-21-15-5-4-13(18)9-14(12)15;/h4-5,9-11,16,21H,3,6-8H2,1-2H3,(H2,19,20,22);1H. The number of fused-ring (bicyclic) bond motifs is 1. The summed E-state index contributed by atoms with van der Waals surface area (Å²) in [5.74, 6) is 1.69. The number of aliphatic imine (C=N–C) groups is 1. The van der Waals surface area contributed by atoms with E-state index in [9.17, 15) is 0 Å². The third-order valence-corrected chi connectivity index (χ3v) is 4.39. The second kappa shape index (κ2) is 8.24. The maximum Gasteiger partial charge on any atom is 0.191 e. The van der Waals surface area contributed by atoms with Gasteiger partial charge in [-0.05, 0) is 49.4 Å². The number of benzene rings is 1. The van der Waals surface area contributed by atoms with Crippen molar-refractivity contribution in [1.29, 1.82) is 0 Å². The molecule has 0 amide bonds. The lowest BCUT2D eigenvalue weighted by Crippen LogP contribution is -2.39. The zero-order chi connectivity index (χ0) is 15.5.